The van der Waals surface area contributed by atoms with Crippen LogP contribution in [0.1, 0.15) is 16.8 Å². The van der Waals surface area contributed by atoms with Gasteiger partial charge in [-0.05, 0) is 37.1 Å². The molecule has 0 aliphatic carbocycles. The van der Waals surface area contributed by atoms with Crippen molar-refractivity contribution in [3.63, 3.8) is 0 Å². The summed E-state index contributed by atoms with van der Waals surface area (Å²) in [6.45, 7) is 3.73. The molecule has 0 spiro atoms. The topological polar surface area (TPSA) is 85.1 Å². The van der Waals surface area contributed by atoms with Crippen molar-refractivity contribution in [1.82, 2.24) is 4.98 Å². The number of nitrogens with one attached hydrogen (secondary N) is 1. The van der Waals surface area contributed by atoms with Gasteiger partial charge in [0, 0.05) is 16.9 Å². The third-order valence-electron chi connectivity index (χ3n) is 2.78. The van der Waals surface area contributed by atoms with Crippen LogP contribution in [-0.4, -0.2) is 13.4 Å². The van der Waals surface area contributed by atoms with Crippen LogP contribution in [-0.2, 0) is 16.6 Å². The Morgan fingerprint density at radius 1 is 1.40 bits per heavy atom. The predicted octanol–water partition coefficient (Wildman–Crippen LogP) is 2.67. The first-order chi connectivity index (χ1) is 9.33. The second kappa shape index (κ2) is 5.69. The summed E-state index contributed by atoms with van der Waals surface area (Å²) in [6, 6.07) is 3.09. The van der Waals surface area contributed by atoms with E-state index in [-0.39, 0.29) is 11.4 Å². The molecule has 0 unspecified atom stereocenters. The highest BCUT2D eigenvalue weighted by Gasteiger charge is 2.20. The SMILES string of the molecule is Cc1csc(NS(=O)(=O)c2cc(Cl)cc(CN)c2C)n1. The van der Waals surface area contributed by atoms with Crippen molar-refractivity contribution in [3.05, 3.63) is 39.4 Å². The molecule has 0 radical (unpaired) electrons. The third-order valence-corrected chi connectivity index (χ3v) is 5.47. The van der Waals surface area contributed by atoms with Crippen LogP contribution in [0.5, 0.6) is 0 Å². The number of aryl methyl sites for hydroxylation is 1. The van der Waals surface area contributed by atoms with Crippen LogP contribution < -0.4 is 10.5 Å². The van der Waals surface area contributed by atoms with Gasteiger partial charge in [-0.2, -0.15) is 0 Å². The molecular weight excluding hydrogens is 318 g/mol. The number of hydrogen-bond acceptors (Lipinski definition) is 5. The average molecular weight is 332 g/mol. The second-order valence-electron chi connectivity index (χ2n) is 4.29. The van der Waals surface area contributed by atoms with E-state index < -0.39 is 10.0 Å². The predicted molar refractivity (Wildman–Crippen MR) is 81.7 cm³/mol. The highest BCUT2D eigenvalue weighted by Crippen LogP contribution is 2.27. The number of nitrogens with zero attached hydrogens (tertiary/aromatic N) is 1. The summed E-state index contributed by atoms with van der Waals surface area (Å²) < 4.78 is 27.3. The summed E-state index contributed by atoms with van der Waals surface area (Å²) in [7, 11) is -3.73. The molecule has 0 bridgehead atoms. The zero-order valence-electron chi connectivity index (χ0n) is 11.0. The molecular formula is C12H14ClN3O2S2. The zero-order valence-corrected chi connectivity index (χ0v) is 13.4. The molecule has 108 valence electrons. The molecule has 0 fully saturated rings. The number of sulfonamides is 1. The summed E-state index contributed by atoms with van der Waals surface area (Å²) in [5.74, 6) is 0. The minimum Gasteiger partial charge on any atom is -0.326 e. The summed E-state index contributed by atoms with van der Waals surface area (Å²) >= 11 is 7.19. The summed E-state index contributed by atoms with van der Waals surface area (Å²) in [5.41, 5.74) is 7.66. The van der Waals surface area contributed by atoms with E-state index in [0.29, 0.717) is 21.3 Å². The first kappa shape index (κ1) is 15.2. The minimum absolute atomic E-state index is 0.123. The van der Waals surface area contributed by atoms with Crippen LogP contribution in [0.25, 0.3) is 0 Å². The Morgan fingerprint density at radius 3 is 2.65 bits per heavy atom. The monoisotopic (exact) mass is 331 g/mol. The van der Waals surface area contributed by atoms with Crippen LogP contribution in [0.2, 0.25) is 5.02 Å². The first-order valence-electron chi connectivity index (χ1n) is 5.77. The van der Waals surface area contributed by atoms with Crippen molar-refractivity contribution in [2.24, 2.45) is 5.73 Å². The van der Waals surface area contributed by atoms with Crippen molar-refractivity contribution in [2.45, 2.75) is 25.3 Å². The number of anilines is 1. The lowest BCUT2D eigenvalue weighted by Gasteiger charge is -2.12. The Balaban J connectivity index is 2.46. The van der Waals surface area contributed by atoms with Gasteiger partial charge in [-0.25, -0.2) is 13.4 Å². The van der Waals surface area contributed by atoms with Gasteiger partial charge in [-0.15, -0.1) is 11.3 Å². The maximum Gasteiger partial charge on any atom is 0.263 e. The van der Waals surface area contributed by atoms with Crippen LogP contribution in [0.4, 0.5) is 5.13 Å². The Morgan fingerprint density at radius 2 is 2.10 bits per heavy atom. The number of hydrogen-bond donors (Lipinski definition) is 2. The van der Waals surface area contributed by atoms with E-state index in [9.17, 15) is 8.42 Å². The lowest BCUT2D eigenvalue weighted by Crippen LogP contribution is -2.15. The zero-order chi connectivity index (χ0) is 14.9. The van der Waals surface area contributed by atoms with Crippen molar-refractivity contribution in [1.29, 1.82) is 0 Å². The van der Waals surface area contributed by atoms with E-state index >= 15 is 0 Å². The fourth-order valence-corrected chi connectivity index (χ4v) is 4.33. The number of rotatable bonds is 4. The molecule has 0 saturated carbocycles. The number of nitrogens with two attached hydrogens (primary N) is 1. The van der Waals surface area contributed by atoms with Gasteiger partial charge in [-0.3, -0.25) is 4.72 Å². The lowest BCUT2D eigenvalue weighted by molar-refractivity contribution is 0.600. The molecule has 2 aromatic rings. The molecule has 0 saturated heterocycles. The van der Waals surface area contributed by atoms with E-state index in [1.54, 1.807) is 25.3 Å². The maximum atomic E-state index is 12.4. The molecule has 5 nitrogen and oxygen atoms in total. The van der Waals surface area contributed by atoms with Crippen LogP contribution in [0.15, 0.2) is 22.4 Å². The molecule has 1 heterocycles. The van der Waals surface area contributed by atoms with Gasteiger partial charge in [0.2, 0.25) is 0 Å². The van der Waals surface area contributed by atoms with Crippen molar-refractivity contribution in [2.75, 3.05) is 4.72 Å². The molecule has 3 N–H and O–H groups in total. The summed E-state index contributed by atoms with van der Waals surface area (Å²) in [6.07, 6.45) is 0. The van der Waals surface area contributed by atoms with E-state index in [1.807, 2.05) is 0 Å². The maximum absolute atomic E-state index is 12.4. The Labute approximate surface area is 126 Å². The number of halogens is 1. The quantitative estimate of drug-likeness (QED) is 0.902. The third kappa shape index (κ3) is 3.12. The van der Waals surface area contributed by atoms with E-state index in [1.165, 1.54) is 17.4 Å². The van der Waals surface area contributed by atoms with E-state index in [4.69, 9.17) is 17.3 Å². The van der Waals surface area contributed by atoms with Gasteiger partial charge in [0.25, 0.3) is 10.0 Å². The smallest absolute Gasteiger partial charge is 0.263 e. The molecule has 0 aliphatic heterocycles. The van der Waals surface area contributed by atoms with Crippen molar-refractivity contribution in [3.8, 4) is 0 Å². The molecule has 1 aromatic heterocycles. The van der Waals surface area contributed by atoms with Crippen LogP contribution in [0, 0.1) is 13.8 Å². The normalized spacial score (nSPS) is 11.6. The Kier molecular flexibility index (Phi) is 4.33. The Bertz CT molecular complexity index is 741. The van der Waals surface area contributed by atoms with E-state index in [0.717, 1.165) is 5.69 Å². The van der Waals surface area contributed by atoms with Gasteiger partial charge in [-0.1, -0.05) is 11.6 Å². The number of thiazole rings is 1. The number of benzene rings is 1. The first-order valence-corrected chi connectivity index (χ1v) is 8.51. The molecule has 0 atom stereocenters. The highest BCUT2D eigenvalue weighted by molar-refractivity contribution is 7.93. The second-order valence-corrected chi connectivity index (χ2v) is 7.24. The molecule has 8 heteroatoms. The minimum atomic E-state index is -3.73. The van der Waals surface area contributed by atoms with Crippen LogP contribution in [0.3, 0.4) is 0 Å². The molecule has 2 rings (SSSR count). The summed E-state index contributed by atoms with van der Waals surface area (Å²) in [5, 5.41) is 2.44. The molecule has 20 heavy (non-hydrogen) atoms. The fourth-order valence-electron chi connectivity index (χ4n) is 1.77. The van der Waals surface area contributed by atoms with Gasteiger partial charge < -0.3 is 5.73 Å². The van der Waals surface area contributed by atoms with Gasteiger partial charge in [0.05, 0.1) is 10.6 Å². The van der Waals surface area contributed by atoms with Gasteiger partial charge in [0.1, 0.15) is 0 Å². The standard InChI is InChI=1S/C12H14ClN3O2S2/c1-7-6-19-12(15-7)16-20(17,18)11-4-10(13)3-9(5-14)8(11)2/h3-4,6H,5,14H2,1-2H3,(H,15,16). The lowest BCUT2D eigenvalue weighted by atomic mass is 10.1. The van der Waals surface area contributed by atoms with Gasteiger partial charge in [0.15, 0.2) is 5.13 Å². The number of aromatic nitrogens is 1. The fraction of sp³-hybridized carbons (Fsp3) is 0.250. The van der Waals surface area contributed by atoms with Crippen molar-refractivity contribution < 1.29 is 8.42 Å². The van der Waals surface area contributed by atoms with E-state index in [2.05, 4.69) is 9.71 Å². The highest BCUT2D eigenvalue weighted by atomic mass is 35.5. The largest absolute Gasteiger partial charge is 0.326 e. The average Bonchev–Trinajstić information content (AvgIpc) is 2.76. The van der Waals surface area contributed by atoms with Crippen LogP contribution >= 0.6 is 22.9 Å². The van der Waals surface area contributed by atoms with Crippen molar-refractivity contribution >= 4 is 38.1 Å². The summed E-state index contributed by atoms with van der Waals surface area (Å²) in [4.78, 5) is 4.21. The molecule has 0 aliphatic rings. The Hall–Kier alpha value is -1.15. The van der Waals surface area contributed by atoms with Gasteiger partial charge >= 0.3 is 0 Å². The molecule has 1 aromatic carbocycles. The molecule has 0 amide bonds.